The van der Waals surface area contributed by atoms with E-state index in [9.17, 15) is 4.79 Å². The number of fused-ring (bicyclic) bond motifs is 3. The van der Waals surface area contributed by atoms with E-state index in [4.69, 9.17) is 4.98 Å². The lowest BCUT2D eigenvalue weighted by Gasteiger charge is -2.16. The maximum atomic E-state index is 12.9. The highest BCUT2D eigenvalue weighted by molar-refractivity contribution is 7.18. The number of hydrogen-bond acceptors (Lipinski definition) is 3. The number of hydrogen-bond donors (Lipinski definition) is 2. The molecule has 0 unspecified atom stereocenters. The minimum absolute atomic E-state index is 0.0226. The van der Waals surface area contributed by atoms with E-state index in [-0.39, 0.29) is 11.6 Å². The Bertz CT molecular complexity index is 1230. The van der Waals surface area contributed by atoms with Gasteiger partial charge in [-0.2, -0.15) is 0 Å². The highest BCUT2D eigenvalue weighted by atomic mass is 32.1. The average molecular weight is 417 g/mol. The van der Waals surface area contributed by atoms with Crippen LogP contribution in [0, 0.1) is 6.92 Å². The van der Waals surface area contributed by atoms with Gasteiger partial charge in [-0.25, -0.2) is 4.98 Å². The molecule has 4 aromatic rings. The van der Waals surface area contributed by atoms with Crippen LogP contribution < -0.4 is 10.9 Å². The molecule has 0 saturated carbocycles. The summed E-state index contributed by atoms with van der Waals surface area (Å²) < 4.78 is 0. The molecular formula is C25H26N3OS+. The highest BCUT2D eigenvalue weighted by Crippen LogP contribution is 2.33. The molecule has 0 fully saturated rings. The summed E-state index contributed by atoms with van der Waals surface area (Å²) in [6, 6.07) is 19.4. The van der Waals surface area contributed by atoms with Crippen LogP contribution in [0.1, 0.15) is 51.8 Å². The van der Waals surface area contributed by atoms with Gasteiger partial charge >= 0.3 is 0 Å². The van der Waals surface area contributed by atoms with E-state index in [2.05, 4.69) is 65.8 Å². The number of thiophene rings is 1. The van der Waals surface area contributed by atoms with Gasteiger partial charge in [-0.1, -0.05) is 60.2 Å². The first-order valence-electron chi connectivity index (χ1n) is 10.7. The molecule has 30 heavy (non-hydrogen) atoms. The van der Waals surface area contributed by atoms with Crippen molar-refractivity contribution in [3.05, 3.63) is 97.9 Å². The number of nitrogens with two attached hydrogens (primary N) is 1. The van der Waals surface area contributed by atoms with Gasteiger partial charge in [-0.3, -0.25) is 4.79 Å². The summed E-state index contributed by atoms with van der Waals surface area (Å²) >= 11 is 1.71. The zero-order valence-electron chi connectivity index (χ0n) is 17.2. The Morgan fingerprint density at radius 2 is 1.77 bits per heavy atom. The van der Waals surface area contributed by atoms with Crippen LogP contribution in [0.5, 0.6) is 0 Å². The minimum atomic E-state index is 0.0226. The quantitative estimate of drug-likeness (QED) is 0.516. The maximum Gasteiger partial charge on any atom is 0.260 e. The number of aromatic nitrogens is 2. The van der Waals surface area contributed by atoms with Gasteiger partial charge in [-0.15, -0.1) is 11.3 Å². The third kappa shape index (κ3) is 3.71. The molecule has 2 aromatic carbocycles. The number of nitrogens with one attached hydrogen (secondary N) is 1. The Labute approximate surface area is 180 Å². The Morgan fingerprint density at radius 3 is 2.57 bits per heavy atom. The van der Waals surface area contributed by atoms with Crippen molar-refractivity contribution in [3.8, 4) is 0 Å². The number of benzene rings is 2. The van der Waals surface area contributed by atoms with Crippen molar-refractivity contribution in [1.29, 1.82) is 0 Å². The molecule has 1 aliphatic carbocycles. The molecule has 5 heteroatoms. The molecule has 2 heterocycles. The first kappa shape index (κ1) is 19.2. The van der Waals surface area contributed by atoms with Gasteiger partial charge in [0.15, 0.2) is 5.82 Å². The second-order valence-electron chi connectivity index (χ2n) is 8.14. The second-order valence-corrected chi connectivity index (χ2v) is 9.23. The van der Waals surface area contributed by atoms with Gasteiger partial charge in [0, 0.05) is 16.0 Å². The van der Waals surface area contributed by atoms with Crippen molar-refractivity contribution in [3.63, 3.8) is 0 Å². The number of rotatable bonds is 5. The average Bonchev–Trinajstić information content (AvgIpc) is 3.15. The molecule has 1 atom stereocenters. The van der Waals surface area contributed by atoms with Gasteiger partial charge in [-0.05, 0) is 38.2 Å². The number of aromatic amines is 1. The molecule has 0 spiro atoms. The van der Waals surface area contributed by atoms with Crippen molar-refractivity contribution in [1.82, 2.24) is 9.97 Å². The Hall–Kier alpha value is -2.76. The van der Waals surface area contributed by atoms with Crippen molar-refractivity contribution < 1.29 is 5.32 Å². The molecule has 2 aromatic heterocycles. The second kappa shape index (κ2) is 8.17. The van der Waals surface area contributed by atoms with Crippen LogP contribution in [0.25, 0.3) is 10.2 Å². The highest BCUT2D eigenvalue weighted by Gasteiger charge is 2.21. The van der Waals surface area contributed by atoms with Crippen LogP contribution in [0.4, 0.5) is 0 Å². The fourth-order valence-electron chi connectivity index (χ4n) is 4.43. The fraction of sp³-hybridized carbons (Fsp3) is 0.280. The predicted molar refractivity (Wildman–Crippen MR) is 122 cm³/mol. The summed E-state index contributed by atoms with van der Waals surface area (Å²) in [4.78, 5) is 23.0. The van der Waals surface area contributed by atoms with Crippen LogP contribution in [0.3, 0.4) is 0 Å². The summed E-state index contributed by atoms with van der Waals surface area (Å²) in [6.07, 6.45) is 4.48. The molecule has 4 nitrogen and oxygen atoms in total. The topological polar surface area (TPSA) is 62.4 Å². The van der Waals surface area contributed by atoms with Crippen LogP contribution in [-0.4, -0.2) is 9.97 Å². The molecule has 152 valence electrons. The zero-order valence-corrected chi connectivity index (χ0v) is 18.0. The monoisotopic (exact) mass is 416 g/mol. The number of H-pyrrole nitrogens is 1. The molecule has 0 amide bonds. The van der Waals surface area contributed by atoms with Crippen molar-refractivity contribution >= 4 is 21.6 Å². The summed E-state index contributed by atoms with van der Waals surface area (Å²) in [5.41, 5.74) is 5.02. The SMILES string of the molecule is Cc1ccc([C@H]([NH2+]Cc2nc3sc4c(c3c(=O)[nH]2)CCCC4)c2ccccc2)cc1. The Balaban J connectivity index is 1.46. The van der Waals surface area contributed by atoms with E-state index in [0.717, 1.165) is 28.9 Å². The van der Waals surface area contributed by atoms with Gasteiger partial charge < -0.3 is 10.3 Å². The zero-order chi connectivity index (χ0) is 20.5. The summed E-state index contributed by atoms with van der Waals surface area (Å²) in [6.45, 7) is 2.73. The van der Waals surface area contributed by atoms with Gasteiger partial charge in [0.1, 0.15) is 17.4 Å². The Morgan fingerprint density at radius 1 is 1.03 bits per heavy atom. The summed E-state index contributed by atoms with van der Waals surface area (Å²) in [7, 11) is 0. The predicted octanol–water partition coefficient (Wildman–Crippen LogP) is 4.02. The van der Waals surface area contributed by atoms with Crippen LogP contribution in [-0.2, 0) is 19.4 Å². The number of nitrogens with zero attached hydrogens (tertiary/aromatic N) is 1. The van der Waals surface area contributed by atoms with Crippen molar-refractivity contribution in [2.45, 2.75) is 45.2 Å². The van der Waals surface area contributed by atoms with Gasteiger partial charge in [0.25, 0.3) is 5.56 Å². The lowest BCUT2D eigenvalue weighted by atomic mass is 9.97. The van der Waals surface area contributed by atoms with Gasteiger partial charge in [0.05, 0.1) is 5.39 Å². The molecule has 3 N–H and O–H groups in total. The largest absolute Gasteiger partial charge is 0.330 e. The molecule has 0 aliphatic heterocycles. The van der Waals surface area contributed by atoms with Gasteiger partial charge in [0.2, 0.25) is 0 Å². The Kier molecular flexibility index (Phi) is 5.23. The normalized spacial score (nSPS) is 14.6. The molecule has 0 saturated heterocycles. The fourth-order valence-corrected chi connectivity index (χ4v) is 5.71. The lowest BCUT2D eigenvalue weighted by Crippen LogP contribution is -2.84. The maximum absolute atomic E-state index is 12.9. The van der Waals surface area contributed by atoms with E-state index < -0.39 is 0 Å². The molecule has 0 bridgehead atoms. The minimum Gasteiger partial charge on any atom is -0.330 e. The van der Waals surface area contributed by atoms with Crippen LogP contribution >= 0.6 is 11.3 Å². The van der Waals surface area contributed by atoms with Crippen LogP contribution in [0.15, 0.2) is 59.4 Å². The summed E-state index contributed by atoms with van der Waals surface area (Å²) in [5.74, 6) is 0.749. The first-order valence-corrected chi connectivity index (χ1v) is 11.5. The summed E-state index contributed by atoms with van der Waals surface area (Å²) in [5, 5.41) is 3.09. The van der Waals surface area contributed by atoms with E-state index in [1.54, 1.807) is 11.3 Å². The van der Waals surface area contributed by atoms with E-state index in [1.165, 1.54) is 40.0 Å². The van der Waals surface area contributed by atoms with E-state index in [1.807, 2.05) is 6.07 Å². The molecule has 1 aliphatic rings. The van der Waals surface area contributed by atoms with Crippen LogP contribution in [0.2, 0.25) is 0 Å². The first-order chi connectivity index (χ1) is 14.7. The lowest BCUT2D eigenvalue weighted by molar-refractivity contribution is -0.703. The van der Waals surface area contributed by atoms with Crippen molar-refractivity contribution in [2.75, 3.05) is 0 Å². The molecular weight excluding hydrogens is 390 g/mol. The third-order valence-corrected chi connectivity index (χ3v) is 7.20. The molecule has 0 radical (unpaired) electrons. The molecule has 5 rings (SSSR count). The van der Waals surface area contributed by atoms with E-state index >= 15 is 0 Å². The number of aryl methyl sites for hydroxylation is 3. The van der Waals surface area contributed by atoms with E-state index in [0.29, 0.717) is 6.54 Å². The standard InChI is InChI=1S/C25H25N3OS/c1-16-11-13-18(14-12-16)23(17-7-3-2-4-8-17)26-15-21-27-24(29)22-19-9-5-6-10-20(19)30-25(22)28-21/h2-4,7-8,11-14,23,26H,5-6,9-10,15H2,1H3,(H,27,28,29)/p+1/t23-/m1/s1. The van der Waals surface area contributed by atoms with Crippen molar-refractivity contribution in [2.24, 2.45) is 0 Å². The third-order valence-electron chi connectivity index (χ3n) is 6.02. The smallest absolute Gasteiger partial charge is 0.260 e. The number of quaternary nitrogens is 1.